The molecular formula is C14H13BrClN3O3S2. The number of ether oxygens (including phenoxy) is 1. The summed E-state index contributed by atoms with van der Waals surface area (Å²) in [5.74, 6) is -0.698. The van der Waals surface area contributed by atoms with E-state index in [2.05, 4.69) is 31.4 Å². The molecule has 0 spiro atoms. The van der Waals surface area contributed by atoms with Gasteiger partial charge in [-0.25, -0.2) is 0 Å². The summed E-state index contributed by atoms with van der Waals surface area (Å²) in [5.41, 5.74) is 0.329. The highest BCUT2D eigenvalue weighted by Crippen LogP contribution is 2.30. The number of thioether (sulfide) groups is 1. The minimum absolute atomic E-state index is 0.316. The summed E-state index contributed by atoms with van der Waals surface area (Å²) in [4.78, 5) is 23.9. The van der Waals surface area contributed by atoms with Gasteiger partial charge in [-0.1, -0.05) is 50.6 Å². The number of carbonyl (C=O) groups is 2. The van der Waals surface area contributed by atoms with E-state index in [1.54, 1.807) is 32.0 Å². The minimum atomic E-state index is -0.402. The van der Waals surface area contributed by atoms with E-state index in [0.29, 0.717) is 26.7 Å². The van der Waals surface area contributed by atoms with Gasteiger partial charge >= 0.3 is 5.97 Å². The highest BCUT2D eigenvalue weighted by molar-refractivity contribution is 9.10. The molecule has 1 heterocycles. The van der Waals surface area contributed by atoms with E-state index in [1.807, 2.05) is 0 Å². The molecule has 0 aliphatic rings. The van der Waals surface area contributed by atoms with Gasteiger partial charge in [-0.2, -0.15) is 0 Å². The van der Waals surface area contributed by atoms with E-state index in [1.165, 1.54) is 23.1 Å². The molecule has 0 radical (unpaired) electrons. The topological polar surface area (TPSA) is 81.2 Å². The van der Waals surface area contributed by atoms with Gasteiger partial charge in [0.25, 0.3) is 5.91 Å². The zero-order valence-electron chi connectivity index (χ0n) is 12.7. The Labute approximate surface area is 160 Å². The summed E-state index contributed by atoms with van der Waals surface area (Å²) in [5, 5.41) is 10.8. The van der Waals surface area contributed by atoms with Crippen molar-refractivity contribution < 1.29 is 14.3 Å². The number of nitrogens with zero attached hydrogens (tertiary/aromatic N) is 2. The summed E-state index contributed by atoms with van der Waals surface area (Å²) in [6.07, 6.45) is 0. The highest BCUT2D eigenvalue weighted by atomic mass is 79.9. The molecule has 0 aliphatic carbocycles. The van der Waals surface area contributed by atoms with E-state index < -0.39 is 5.25 Å². The van der Waals surface area contributed by atoms with E-state index in [0.717, 1.165) is 4.47 Å². The van der Waals surface area contributed by atoms with Gasteiger partial charge in [0.2, 0.25) is 5.13 Å². The van der Waals surface area contributed by atoms with Gasteiger partial charge in [0.15, 0.2) is 4.34 Å². The van der Waals surface area contributed by atoms with Crippen molar-refractivity contribution in [2.24, 2.45) is 0 Å². The maximum Gasteiger partial charge on any atom is 0.319 e. The molecule has 0 saturated carbocycles. The maximum atomic E-state index is 12.3. The molecule has 1 amide bonds. The summed E-state index contributed by atoms with van der Waals surface area (Å²) in [6, 6.07) is 5.00. The molecule has 2 aromatic rings. The second-order valence-corrected chi connectivity index (χ2v) is 8.35. The van der Waals surface area contributed by atoms with Gasteiger partial charge in [0.05, 0.1) is 17.2 Å². The number of hydrogen-bond donors (Lipinski definition) is 1. The van der Waals surface area contributed by atoms with E-state index >= 15 is 0 Å². The van der Waals surface area contributed by atoms with Crippen LogP contribution in [0.1, 0.15) is 24.2 Å². The molecule has 10 heteroatoms. The summed E-state index contributed by atoms with van der Waals surface area (Å²) in [6.45, 7) is 3.80. The van der Waals surface area contributed by atoms with Crippen LogP contribution in [0, 0.1) is 0 Å². The number of hydrogen-bond acceptors (Lipinski definition) is 7. The van der Waals surface area contributed by atoms with Gasteiger partial charge in [0.1, 0.15) is 5.25 Å². The number of anilines is 1. The monoisotopic (exact) mass is 449 g/mol. The van der Waals surface area contributed by atoms with Crippen LogP contribution in [0.2, 0.25) is 5.02 Å². The number of rotatable bonds is 6. The zero-order chi connectivity index (χ0) is 17.7. The van der Waals surface area contributed by atoms with E-state index in [4.69, 9.17) is 16.3 Å². The Kier molecular flexibility index (Phi) is 7.02. The number of aromatic nitrogens is 2. The van der Waals surface area contributed by atoms with Crippen molar-refractivity contribution in [3.05, 3.63) is 33.3 Å². The molecule has 2 rings (SSSR count). The molecule has 1 aromatic heterocycles. The predicted octanol–water partition coefficient (Wildman–Crippen LogP) is 4.25. The van der Waals surface area contributed by atoms with Crippen LogP contribution in [-0.2, 0) is 9.53 Å². The van der Waals surface area contributed by atoms with Crippen molar-refractivity contribution in [2.75, 3.05) is 11.9 Å². The third-order valence-electron chi connectivity index (χ3n) is 2.70. The lowest BCUT2D eigenvalue weighted by Gasteiger charge is -2.07. The Hall–Kier alpha value is -1.16. The number of esters is 1. The lowest BCUT2D eigenvalue weighted by molar-refractivity contribution is -0.142. The van der Waals surface area contributed by atoms with Gasteiger partial charge in [0, 0.05) is 4.47 Å². The van der Waals surface area contributed by atoms with Crippen molar-refractivity contribution >= 4 is 67.6 Å². The molecule has 1 atom stereocenters. The third kappa shape index (κ3) is 5.17. The van der Waals surface area contributed by atoms with Crippen LogP contribution in [0.3, 0.4) is 0 Å². The van der Waals surface area contributed by atoms with E-state index in [-0.39, 0.29) is 11.9 Å². The van der Waals surface area contributed by atoms with Gasteiger partial charge in [-0.15, -0.1) is 10.2 Å². The largest absolute Gasteiger partial charge is 0.465 e. The second-order valence-electron chi connectivity index (χ2n) is 4.46. The van der Waals surface area contributed by atoms with E-state index in [9.17, 15) is 9.59 Å². The SMILES string of the molecule is CCOC(=O)[C@@H](C)Sc1nnc(NC(=O)c2cc(Br)ccc2Cl)s1. The van der Waals surface area contributed by atoms with Crippen molar-refractivity contribution in [2.45, 2.75) is 23.4 Å². The first kappa shape index (κ1) is 19.2. The van der Waals surface area contributed by atoms with Crippen LogP contribution < -0.4 is 5.32 Å². The quantitative estimate of drug-likeness (QED) is 0.402. The van der Waals surface area contributed by atoms with Crippen molar-refractivity contribution in [3.8, 4) is 0 Å². The van der Waals surface area contributed by atoms with Gasteiger partial charge in [-0.3, -0.25) is 14.9 Å². The fourth-order valence-corrected chi connectivity index (χ4v) is 4.06. The molecule has 1 aromatic carbocycles. The molecule has 6 nitrogen and oxygen atoms in total. The Morgan fingerprint density at radius 1 is 1.46 bits per heavy atom. The number of halogens is 2. The van der Waals surface area contributed by atoms with Crippen LogP contribution in [-0.4, -0.2) is 33.9 Å². The summed E-state index contributed by atoms with van der Waals surface area (Å²) < 4.78 is 6.24. The minimum Gasteiger partial charge on any atom is -0.465 e. The summed E-state index contributed by atoms with van der Waals surface area (Å²) >= 11 is 11.7. The number of carbonyl (C=O) groups excluding carboxylic acids is 2. The number of benzene rings is 1. The molecule has 0 unspecified atom stereocenters. The molecule has 1 N–H and O–H groups in total. The summed E-state index contributed by atoms with van der Waals surface area (Å²) in [7, 11) is 0. The Balaban J connectivity index is 2.02. The smallest absolute Gasteiger partial charge is 0.319 e. The number of nitrogens with one attached hydrogen (secondary N) is 1. The predicted molar refractivity (Wildman–Crippen MR) is 99.0 cm³/mol. The normalized spacial score (nSPS) is 11.8. The average molecular weight is 451 g/mol. The third-order valence-corrected chi connectivity index (χ3v) is 5.52. The van der Waals surface area contributed by atoms with Gasteiger partial charge in [-0.05, 0) is 32.0 Å². The Bertz CT molecular complexity index is 757. The van der Waals surface area contributed by atoms with Crippen LogP contribution in [0.5, 0.6) is 0 Å². The van der Waals surface area contributed by atoms with Crippen LogP contribution in [0.25, 0.3) is 0 Å². The Morgan fingerprint density at radius 3 is 2.92 bits per heavy atom. The van der Waals surface area contributed by atoms with Crippen LogP contribution >= 0.6 is 50.6 Å². The Morgan fingerprint density at radius 2 is 2.21 bits per heavy atom. The molecule has 0 aliphatic heterocycles. The first-order valence-corrected chi connectivity index (χ1v) is 9.70. The fourth-order valence-electron chi connectivity index (χ4n) is 1.60. The lowest BCUT2D eigenvalue weighted by atomic mass is 10.2. The van der Waals surface area contributed by atoms with Crippen LogP contribution in [0.15, 0.2) is 27.0 Å². The standard InChI is InChI=1S/C14H13BrClN3O3S2/c1-3-22-12(21)7(2)23-14-19-18-13(24-14)17-11(20)9-6-8(15)4-5-10(9)16/h4-7H,3H2,1-2H3,(H,17,18,20)/t7-/m1/s1. The molecule has 0 saturated heterocycles. The lowest BCUT2D eigenvalue weighted by Crippen LogP contribution is -2.16. The second kappa shape index (κ2) is 8.80. The first-order chi connectivity index (χ1) is 11.4. The average Bonchev–Trinajstić information content (AvgIpc) is 2.96. The van der Waals surface area contributed by atoms with Crippen LogP contribution in [0.4, 0.5) is 5.13 Å². The first-order valence-electron chi connectivity index (χ1n) is 6.84. The number of amides is 1. The fraction of sp³-hybridized carbons (Fsp3) is 0.286. The molecule has 0 bridgehead atoms. The van der Waals surface area contributed by atoms with Gasteiger partial charge < -0.3 is 4.74 Å². The van der Waals surface area contributed by atoms with Crippen molar-refractivity contribution in [1.29, 1.82) is 0 Å². The van der Waals surface area contributed by atoms with Crippen molar-refractivity contribution in [3.63, 3.8) is 0 Å². The molecule has 24 heavy (non-hydrogen) atoms. The molecule has 0 fully saturated rings. The zero-order valence-corrected chi connectivity index (χ0v) is 16.7. The molecule has 128 valence electrons. The molecular weight excluding hydrogens is 438 g/mol. The highest BCUT2D eigenvalue weighted by Gasteiger charge is 2.19. The maximum absolute atomic E-state index is 12.3. The van der Waals surface area contributed by atoms with Crippen molar-refractivity contribution in [1.82, 2.24) is 10.2 Å².